The monoisotopic (exact) mass is 416 g/mol. The minimum absolute atomic E-state index is 0.0514. The Labute approximate surface area is 171 Å². The molecule has 0 fully saturated rings. The lowest BCUT2D eigenvalue weighted by Crippen LogP contribution is -2.10. The third-order valence-electron chi connectivity index (χ3n) is 3.81. The summed E-state index contributed by atoms with van der Waals surface area (Å²) in [5.41, 5.74) is 6.71. The van der Waals surface area contributed by atoms with Crippen LogP contribution in [0.3, 0.4) is 0 Å². The Morgan fingerprint density at radius 3 is 2.43 bits per heavy atom. The molecule has 0 saturated heterocycles. The Kier molecular flexibility index (Phi) is 8.18. The molecule has 30 heavy (non-hydrogen) atoms. The Bertz CT molecular complexity index is 1090. The number of fused-ring (bicyclic) bond motifs is 1. The molecular weight excluding hydrogens is 394 g/mol. The van der Waals surface area contributed by atoms with Gasteiger partial charge < -0.3 is 20.3 Å². The smallest absolute Gasteiger partial charge is 0.248 e. The van der Waals surface area contributed by atoms with Crippen LogP contribution in [0, 0.1) is 11.6 Å². The van der Waals surface area contributed by atoms with Gasteiger partial charge in [0.15, 0.2) is 0 Å². The van der Waals surface area contributed by atoms with Crippen LogP contribution in [-0.2, 0) is 6.42 Å². The van der Waals surface area contributed by atoms with Gasteiger partial charge >= 0.3 is 0 Å². The number of halogens is 2. The van der Waals surface area contributed by atoms with Gasteiger partial charge in [-0.05, 0) is 42.5 Å². The van der Waals surface area contributed by atoms with Crippen molar-refractivity contribution in [2.45, 2.75) is 20.3 Å². The molecule has 1 amide bonds. The topological polar surface area (TPSA) is 118 Å². The second kappa shape index (κ2) is 10.8. The highest BCUT2D eigenvalue weighted by molar-refractivity contribution is 5.93. The first-order valence-corrected chi connectivity index (χ1v) is 9.23. The lowest BCUT2D eigenvalue weighted by molar-refractivity contribution is 0.1000. The molecule has 0 saturated carbocycles. The Morgan fingerprint density at radius 1 is 1.13 bits per heavy atom. The molecule has 2 heterocycles. The number of aliphatic hydroxyl groups is 1. The summed E-state index contributed by atoms with van der Waals surface area (Å²) in [6, 6.07) is 9.54. The van der Waals surface area contributed by atoms with E-state index in [0.717, 1.165) is 5.52 Å². The van der Waals surface area contributed by atoms with Crippen LogP contribution < -0.4 is 5.73 Å². The SMILES string of the molecule is CC.NC(=O)c1ccc(F)cc1.OCCc1nc(-c2c[nH]c3ccc(F)cc23)no1. The normalized spacial score (nSPS) is 10.0. The van der Waals surface area contributed by atoms with Crippen molar-refractivity contribution < 1.29 is 23.2 Å². The second-order valence-electron chi connectivity index (χ2n) is 5.75. The van der Waals surface area contributed by atoms with Gasteiger partial charge in [0.1, 0.15) is 11.6 Å². The number of carbonyl (C=O) groups excluding carboxylic acids is 1. The summed E-state index contributed by atoms with van der Waals surface area (Å²) in [7, 11) is 0. The van der Waals surface area contributed by atoms with Crippen molar-refractivity contribution in [2.75, 3.05) is 6.61 Å². The van der Waals surface area contributed by atoms with E-state index in [1.807, 2.05) is 13.8 Å². The third-order valence-corrected chi connectivity index (χ3v) is 3.81. The van der Waals surface area contributed by atoms with Crippen LogP contribution in [0.15, 0.2) is 53.2 Å². The van der Waals surface area contributed by atoms with Gasteiger partial charge in [-0.1, -0.05) is 19.0 Å². The maximum atomic E-state index is 13.2. The van der Waals surface area contributed by atoms with Crippen molar-refractivity contribution in [1.82, 2.24) is 15.1 Å². The molecule has 4 N–H and O–H groups in total. The average molecular weight is 416 g/mol. The summed E-state index contributed by atoms with van der Waals surface area (Å²) in [6.45, 7) is 3.95. The number of benzene rings is 2. The Balaban J connectivity index is 0.000000228. The molecule has 4 aromatic rings. The molecular formula is C21H22F2N4O3. The number of aliphatic hydroxyl groups excluding tert-OH is 1. The minimum atomic E-state index is -0.542. The maximum Gasteiger partial charge on any atom is 0.248 e. The highest BCUT2D eigenvalue weighted by atomic mass is 19.1. The minimum Gasteiger partial charge on any atom is -0.396 e. The van der Waals surface area contributed by atoms with Crippen LogP contribution in [0.5, 0.6) is 0 Å². The van der Waals surface area contributed by atoms with E-state index in [2.05, 4.69) is 15.1 Å². The number of rotatable bonds is 4. The highest BCUT2D eigenvalue weighted by Gasteiger charge is 2.13. The number of primary amides is 1. The van der Waals surface area contributed by atoms with E-state index in [1.165, 1.54) is 36.4 Å². The largest absolute Gasteiger partial charge is 0.396 e. The lowest BCUT2D eigenvalue weighted by Gasteiger charge is -1.92. The van der Waals surface area contributed by atoms with Crippen molar-refractivity contribution in [1.29, 1.82) is 0 Å². The predicted molar refractivity (Wildman–Crippen MR) is 109 cm³/mol. The van der Waals surface area contributed by atoms with Crippen molar-refractivity contribution in [3.05, 3.63) is 71.8 Å². The number of nitrogens with two attached hydrogens (primary N) is 1. The van der Waals surface area contributed by atoms with E-state index in [9.17, 15) is 13.6 Å². The number of hydrogen-bond acceptors (Lipinski definition) is 5. The zero-order chi connectivity index (χ0) is 22.1. The van der Waals surface area contributed by atoms with Crippen molar-refractivity contribution in [2.24, 2.45) is 5.73 Å². The molecule has 0 aliphatic heterocycles. The van der Waals surface area contributed by atoms with E-state index >= 15 is 0 Å². The van der Waals surface area contributed by atoms with Crippen LogP contribution in [0.25, 0.3) is 22.3 Å². The van der Waals surface area contributed by atoms with Gasteiger partial charge in [0.25, 0.3) is 0 Å². The van der Waals surface area contributed by atoms with Gasteiger partial charge in [-0.25, -0.2) is 8.78 Å². The number of hydrogen-bond donors (Lipinski definition) is 3. The fourth-order valence-electron chi connectivity index (χ4n) is 2.45. The quantitative estimate of drug-likeness (QED) is 0.467. The number of carbonyl (C=O) groups is 1. The summed E-state index contributed by atoms with van der Waals surface area (Å²) in [4.78, 5) is 17.6. The molecule has 2 aromatic heterocycles. The fraction of sp³-hybridized carbons (Fsp3) is 0.190. The third kappa shape index (κ3) is 5.71. The van der Waals surface area contributed by atoms with E-state index in [1.54, 1.807) is 12.3 Å². The average Bonchev–Trinajstić information content (AvgIpc) is 3.37. The summed E-state index contributed by atoms with van der Waals surface area (Å²) in [5, 5.41) is 13.3. The molecule has 0 radical (unpaired) electrons. The summed E-state index contributed by atoms with van der Waals surface area (Å²) < 4.78 is 30.4. The molecule has 7 nitrogen and oxygen atoms in total. The Morgan fingerprint density at radius 2 is 1.80 bits per heavy atom. The van der Waals surface area contributed by atoms with Crippen molar-refractivity contribution in [3.63, 3.8) is 0 Å². The molecule has 9 heteroatoms. The number of amides is 1. The molecule has 0 spiro atoms. The molecule has 2 aromatic carbocycles. The fourth-order valence-corrected chi connectivity index (χ4v) is 2.45. The van der Waals surface area contributed by atoms with Crippen LogP contribution >= 0.6 is 0 Å². The number of nitrogens with zero attached hydrogens (tertiary/aromatic N) is 2. The predicted octanol–water partition coefficient (Wildman–Crippen LogP) is 3.84. The van der Waals surface area contributed by atoms with Crippen molar-refractivity contribution in [3.8, 4) is 11.4 Å². The van der Waals surface area contributed by atoms with Gasteiger partial charge in [-0.15, -0.1) is 0 Å². The van der Waals surface area contributed by atoms with Gasteiger partial charge in [0, 0.05) is 28.2 Å². The van der Waals surface area contributed by atoms with Crippen LogP contribution in [0.1, 0.15) is 30.1 Å². The zero-order valence-electron chi connectivity index (χ0n) is 16.5. The van der Waals surface area contributed by atoms with E-state index in [0.29, 0.717) is 34.6 Å². The molecule has 158 valence electrons. The van der Waals surface area contributed by atoms with Crippen LogP contribution in [-0.4, -0.2) is 32.7 Å². The summed E-state index contributed by atoms with van der Waals surface area (Å²) >= 11 is 0. The van der Waals surface area contributed by atoms with E-state index < -0.39 is 5.91 Å². The van der Waals surface area contributed by atoms with Crippen molar-refractivity contribution >= 4 is 16.8 Å². The van der Waals surface area contributed by atoms with Crippen LogP contribution in [0.4, 0.5) is 8.78 Å². The number of aromatic amines is 1. The van der Waals surface area contributed by atoms with Gasteiger partial charge in [0.2, 0.25) is 17.6 Å². The zero-order valence-corrected chi connectivity index (χ0v) is 16.5. The van der Waals surface area contributed by atoms with E-state index in [4.69, 9.17) is 15.4 Å². The number of nitrogens with one attached hydrogen (secondary N) is 1. The molecule has 0 bridgehead atoms. The van der Waals surface area contributed by atoms with Crippen LogP contribution in [0.2, 0.25) is 0 Å². The van der Waals surface area contributed by atoms with E-state index in [-0.39, 0.29) is 18.2 Å². The standard InChI is InChI=1S/C12H10FN3O2.C7H6FNO.C2H6/c13-7-1-2-10-8(5-7)9(6-14-10)12-15-11(3-4-17)18-16-12;8-6-3-1-5(2-4-6)7(9)10;1-2/h1-2,5-6,14,17H,3-4H2;1-4H,(H2,9,10);1-2H3. The summed E-state index contributed by atoms with van der Waals surface area (Å²) in [6.07, 6.45) is 2.02. The van der Waals surface area contributed by atoms with Gasteiger partial charge in [0.05, 0.1) is 13.0 Å². The van der Waals surface area contributed by atoms with Gasteiger partial charge in [-0.2, -0.15) is 4.98 Å². The molecule has 0 aliphatic carbocycles. The Hall–Kier alpha value is -3.59. The molecule has 4 rings (SSSR count). The first kappa shape index (κ1) is 22.7. The first-order chi connectivity index (χ1) is 14.5. The first-order valence-electron chi connectivity index (χ1n) is 9.23. The highest BCUT2D eigenvalue weighted by Crippen LogP contribution is 2.27. The summed E-state index contributed by atoms with van der Waals surface area (Å²) in [5.74, 6) is -0.485. The molecule has 0 atom stereocenters. The molecule has 0 aliphatic rings. The number of aromatic nitrogens is 3. The van der Waals surface area contributed by atoms with Gasteiger partial charge in [-0.3, -0.25) is 4.79 Å². The maximum absolute atomic E-state index is 13.2. The number of H-pyrrole nitrogens is 1. The second-order valence-corrected chi connectivity index (χ2v) is 5.75. The molecule has 0 unspecified atom stereocenters. The lowest BCUT2D eigenvalue weighted by atomic mass is 10.1.